The number of carbonyl (C=O) groups is 3. The van der Waals surface area contributed by atoms with E-state index in [1.165, 1.54) is 0 Å². The minimum Gasteiger partial charge on any atom is -0.481 e. The van der Waals surface area contributed by atoms with E-state index in [-0.39, 0.29) is 18.7 Å². The molecule has 3 atom stereocenters. The topological polar surface area (TPSA) is 113 Å². The molecule has 1 saturated heterocycles. The Hall–Kier alpha value is -1.28. The van der Waals surface area contributed by atoms with Crippen LogP contribution in [0.25, 0.3) is 0 Å². The molecule has 1 rings (SSSR count). The summed E-state index contributed by atoms with van der Waals surface area (Å²) in [6, 6.07) is 0. The molecular weight excluding hydrogens is 360 g/mol. The number of carboxylic acids is 2. The van der Waals surface area contributed by atoms with Crippen LogP contribution in [0.4, 0.5) is 0 Å². The Morgan fingerprint density at radius 1 is 1.15 bits per heavy atom. The van der Waals surface area contributed by atoms with Gasteiger partial charge >= 0.3 is 17.9 Å². The molecule has 1 fully saturated rings. The quantitative estimate of drug-likeness (QED) is 0.432. The Morgan fingerprint density at radius 2 is 1.69 bits per heavy atom. The molecule has 7 nitrogen and oxygen atoms in total. The van der Waals surface area contributed by atoms with Crippen LogP contribution in [0.15, 0.2) is 0 Å². The Bertz CT molecular complexity index is 548. The molecule has 0 aliphatic carbocycles. The van der Waals surface area contributed by atoms with Crippen LogP contribution in [0.2, 0.25) is 0 Å². The lowest BCUT2D eigenvalue weighted by molar-refractivity contribution is -0.163. The standard InChI is InChI=1S/C18H30O7S/c1-16(2,3)18(6,15(23)25-9-11-8-24-11)10-17(4,5)26-12(14(21)22)7-13(19)20/h11-12H,7-10H2,1-6H3,(H,19,20)(H,21,22). The van der Waals surface area contributed by atoms with Crippen LogP contribution in [0.3, 0.4) is 0 Å². The molecule has 26 heavy (non-hydrogen) atoms. The summed E-state index contributed by atoms with van der Waals surface area (Å²) in [6.45, 7) is 12.1. The highest BCUT2D eigenvalue weighted by Crippen LogP contribution is 2.49. The Balaban J connectivity index is 2.94. The largest absolute Gasteiger partial charge is 0.481 e. The van der Waals surface area contributed by atoms with Gasteiger partial charge in [0.25, 0.3) is 0 Å². The maximum atomic E-state index is 12.8. The van der Waals surface area contributed by atoms with E-state index in [2.05, 4.69) is 0 Å². The van der Waals surface area contributed by atoms with Crippen molar-refractivity contribution in [2.45, 2.75) is 70.5 Å². The molecule has 0 aromatic heterocycles. The summed E-state index contributed by atoms with van der Waals surface area (Å²) in [5, 5.41) is 17.2. The molecule has 150 valence electrons. The lowest BCUT2D eigenvalue weighted by Gasteiger charge is -2.44. The average molecular weight is 390 g/mol. The third kappa shape index (κ3) is 6.46. The molecule has 0 radical (unpaired) electrons. The van der Waals surface area contributed by atoms with Crippen LogP contribution < -0.4 is 0 Å². The molecule has 0 amide bonds. The first-order chi connectivity index (χ1) is 11.7. The van der Waals surface area contributed by atoms with E-state index in [0.29, 0.717) is 13.0 Å². The zero-order valence-corrected chi connectivity index (χ0v) is 17.1. The number of aliphatic carboxylic acids is 2. The first-order valence-corrected chi connectivity index (χ1v) is 9.47. The summed E-state index contributed by atoms with van der Waals surface area (Å²) in [6.07, 6.45) is -0.154. The van der Waals surface area contributed by atoms with Gasteiger partial charge in [0, 0.05) is 4.75 Å². The van der Waals surface area contributed by atoms with E-state index >= 15 is 0 Å². The third-order valence-electron chi connectivity index (χ3n) is 4.78. The van der Waals surface area contributed by atoms with Gasteiger partial charge in [0.05, 0.1) is 18.4 Å². The molecule has 0 bridgehead atoms. The van der Waals surface area contributed by atoms with Crippen molar-refractivity contribution in [3.63, 3.8) is 0 Å². The van der Waals surface area contributed by atoms with Gasteiger partial charge in [0.15, 0.2) is 0 Å². The molecule has 3 unspecified atom stereocenters. The van der Waals surface area contributed by atoms with Crippen LogP contribution in [0.5, 0.6) is 0 Å². The van der Waals surface area contributed by atoms with Crippen molar-refractivity contribution in [2.75, 3.05) is 13.2 Å². The van der Waals surface area contributed by atoms with Gasteiger partial charge in [-0.25, -0.2) is 0 Å². The van der Waals surface area contributed by atoms with E-state index in [1.807, 2.05) is 41.5 Å². The Labute approximate surface area is 158 Å². The van der Waals surface area contributed by atoms with Crippen molar-refractivity contribution >= 4 is 29.7 Å². The molecule has 1 aliphatic heterocycles. The molecule has 8 heteroatoms. The molecular formula is C18H30O7S. The summed E-state index contributed by atoms with van der Waals surface area (Å²) in [4.78, 5) is 35.2. The Morgan fingerprint density at radius 3 is 2.08 bits per heavy atom. The number of hydrogen-bond donors (Lipinski definition) is 2. The number of hydrogen-bond acceptors (Lipinski definition) is 6. The van der Waals surface area contributed by atoms with Crippen molar-refractivity contribution < 1.29 is 34.1 Å². The Kier molecular flexibility index (Phi) is 7.15. The maximum Gasteiger partial charge on any atom is 0.317 e. The van der Waals surface area contributed by atoms with Crippen LogP contribution in [0, 0.1) is 10.8 Å². The monoisotopic (exact) mass is 390 g/mol. The molecule has 0 saturated carbocycles. The highest BCUT2D eigenvalue weighted by Gasteiger charge is 2.50. The average Bonchev–Trinajstić information content (AvgIpc) is 3.25. The summed E-state index contributed by atoms with van der Waals surface area (Å²) in [5.74, 6) is -2.68. The number of thioether (sulfide) groups is 1. The van der Waals surface area contributed by atoms with E-state index in [4.69, 9.17) is 14.6 Å². The van der Waals surface area contributed by atoms with Crippen LogP contribution in [-0.2, 0) is 23.9 Å². The van der Waals surface area contributed by atoms with Crippen molar-refractivity contribution in [2.24, 2.45) is 10.8 Å². The summed E-state index contributed by atoms with van der Waals surface area (Å²) in [7, 11) is 0. The van der Waals surface area contributed by atoms with Gasteiger partial charge in [-0.1, -0.05) is 34.6 Å². The first-order valence-electron chi connectivity index (χ1n) is 8.59. The second-order valence-corrected chi connectivity index (χ2v) is 10.5. The smallest absolute Gasteiger partial charge is 0.317 e. The maximum absolute atomic E-state index is 12.8. The molecule has 0 spiro atoms. The van der Waals surface area contributed by atoms with Gasteiger partial charge in [-0.3, -0.25) is 14.4 Å². The highest BCUT2D eigenvalue weighted by molar-refractivity contribution is 8.01. The fourth-order valence-corrected chi connectivity index (χ4v) is 4.22. The van der Waals surface area contributed by atoms with E-state index in [1.54, 1.807) is 0 Å². The van der Waals surface area contributed by atoms with Crippen molar-refractivity contribution in [1.82, 2.24) is 0 Å². The molecule has 0 aromatic carbocycles. The number of epoxide rings is 1. The third-order valence-corrected chi connectivity index (χ3v) is 6.22. The van der Waals surface area contributed by atoms with Gasteiger partial charge < -0.3 is 19.7 Å². The van der Waals surface area contributed by atoms with Crippen molar-refractivity contribution in [1.29, 1.82) is 0 Å². The predicted molar refractivity (Wildman–Crippen MR) is 98.2 cm³/mol. The fourth-order valence-electron chi connectivity index (χ4n) is 2.75. The normalized spacial score (nSPS) is 20.8. The van der Waals surface area contributed by atoms with Crippen LogP contribution >= 0.6 is 11.8 Å². The zero-order chi connectivity index (χ0) is 20.3. The summed E-state index contributed by atoms with van der Waals surface area (Å²) < 4.78 is 9.87. The number of carboxylic acid groups (broad SMARTS) is 2. The van der Waals surface area contributed by atoms with Crippen molar-refractivity contribution in [3.8, 4) is 0 Å². The zero-order valence-electron chi connectivity index (χ0n) is 16.3. The lowest BCUT2D eigenvalue weighted by atomic mass is 9.64. The van der Waals surface area contributed by atoms with E-state index in [0.717, 1.165) is 11.8 Å². The van der Waals surface area contributed by atoms with Gasteiger partial charge in [0.2, 0.25) is 0 Å². The van der Waals surface area contributed by atoms with Crippen molar-refractivity contribution in [3.05, 3.63) is 0 Å². The van der Waals surface area contributed by atoms with E-state index < -0.39 is 39.2 Å². The van der Waals surface area contributed by atoms with Gasteiger partial charge in [-0.05, 0) is 18.8 Å². The number of carbonyl (C=O) groups excluding carboxylic acids is 1. The molecule has 0 aromatic rings. The minimum atomic E-state index is -1.17. The second kappa shape index (κ2) is 8.17. The van der Waals surface area contributed by atoms with Crippen LogP contribution in [0.1, 0.15) is 54.4 Å². The van der Waals surface area contributed by atoms with E-state index in [9.17, 15) is 19.5 Å². The second-order valence-electron chi connectivity index (χ2n) is 8.61. The summed E-state index contributed by atoms with van der Waals surface area (Å²) >= 11 is 1.07. The van der Waals surface area contributed by atoms with Crippen LogP contribution in [-0.4, -0.2) is 57.4 Å². The number of esters is 1. The summed E-state index contributed by atoms with van der Waals surface area (Å²) in [5.41, 5.74) is -1.30. The predicted octanol–water partition coefficient (Wildman–Crippen LogP) is 2.81. The highest BCUT2D eigenvalue weighted by atomic mass is 32.2. The fraction of sp³-hybridized carbons (Fsp3) is 0.833. The molecule has 1 aliphatic rings. The minimum absolute atomic E-state index is 0.0301. The lowest BCUT2D eigenvalue weighted by Crippen LogP contribution is -2.46. The van der Waals surface area contributed by atoms with Gasteiger partial charge in [-0.2, -0.15) is 0 Å². The number of rotatable bonds is 10. The molecule has 2 N–H and O–H groups in total. The van der Waals surface area contributed by atoms with Gasteiger partial charge in [0.1, 0.15) is 18.0 Å². The SMILES string of the molecule is CC(C)(CC(C)(C(=O)OCC1CO1)C(C)(C)C)SC(CC(=O)O)C(=O)O. The first kappa shape index (κ1) is 22.8. The van der Waals surface area contributed by atoms with Gasteiger partial charge in [-0.15, -0.1) is 11.8 Å². The number of ether oxygens (including phenoxy) is 2. The molecule has 1 heterocycles.